The second kappa shape index (κ2) is 8.11. The molecule has 2 heterocycles. The maximum absolute atomic E-state index is 12.6. The Bertz CT molecular complexity index is 888. The largest absolute Gasteiger partial charge is 0.508 e. The maximum Gasteiger partial charge on any atom is 0.307 e. The Kier molecular flexibility index (Phi) is 5.65. The molecule has 0 spiro atoms. The van der Waals surface area contributed by atoms with E-state index < -0.39 is 12.0 Å². The Balaban J connectivity index is 1.75. The fourth-order valence-electron chi connectivity index (χ4n) is 2.31. The van der Waals surface area contributed by atoms with E-state index in [-0.39, 0.29) is 23.8 Å². The zero-order valence-electron chi connectivity index (χ0n) is 13.8. The molecule has 26 heavy (non-hydrogen) atoms. The fraction of sp³-hybridized carbons (Fsp3) is 0.167. The first kappa shape index (κ1) is 18.1. The summed E-state index contributed by atoms with van der Waals surface area (Å²) in [4.78, 5) is 29.4. The number of hydrogen-bond acceptors (Lipinski definition) is 7. The molecule has 0 saturated heterocycles. The summed E-state index contributed by atoms with van der Waals surface area (Å²) in [5.74, 6) is -0.579. The number of aromatic nitrogens is 1. The van der Waals surface area contributed by atoms with Crippen LogP contribution in [-0.4, -0.2) is 29.1 Å². The third-order valence-electron chi connectivity index (χ3n) is 3.64. The highest BCUT2D eigenvalue weighted by molar-refractivity contribution is 7.13. The number of aromatic hydroxyl groups is 1. The smallest absolute Gasteiger partial charge is 0.307 e. The molecule has 0 fully saturated rings. The number of methoxy groups -OCH3 is 1. The summed E-state index contributed by atoms with van der Waals surface area (Å²) in [5, 5.41) is 16.4. The number of nitrogens with one attached hydrogen (secondary N) is 1. The van der Waals surface area contributed by atoms with Gasteiger partial charge in [-0.25, -0.2) is 4.98 Å². The molecule has 3 aromatic rings. The molecule has 0 aliphatic heterocycles. The number of carbonyl (C=O) groups excluding carboxylic acids is 2. The maximum atomic E-state index is 12.6. The van der Waals surface area contributed by atoms with Crippen LogP contribution in [0.15, 0.2) is 47.2 Å². The molecule has 2 N–H and O–H groups in total. The minimum Gasteiger partial charge on any atom is -0.508 e. The van der Waals surface area contributed by atoms with Crippen molar-refractivity contribution in [3.8, 4) is 16.3 Å². The lowest BCUT2D eigenvalue weighted by Gasteiger charge is -2.15. The first-order chi connectivity index (χ1) is 12.6. The van der Waals surface area contributed by atoms with Crippen molar-refractivity contribution in [2.75, 3.05) is 7.11 Å². The normalized spacial score (nSPS) is 11.7. The van der Waals surface area contributed by atoms with E-state index in [4.69, 9.17) is 4.74 Å². The van der Waals surface area contributed by atoms with Crippen molar-refractivity contribution in [1.29, 1.82) is 0 Å². The van der Waals surface area contributed by atoms with Crippen molar-refractivity contribution in [3.63, 3.8) is 0 Å². The second-order valence-electron chi connectivity index (χ2n) is 5.41. The van der Waals surface area contributed by atoms with Gasteiger partial charge in [-0.15, -0.1) is 22.7 Å². The van der Waals surface area contributed by atoms with Crippen molar-refractivity contribution in [2.24, 2.45) is 0 Å². The molecule has 1 aromatic carbocycles. The molecule has 134 valence electrons. The summed E-state index contributed by atoms with van der Waals surface area (Å²) in [5.41, 5.74) is 1.10. The highest BCUT2D eigenvalue weighted by atomic mass is 32.1. The second-order valence-corrected chi connectivity index (χ2v) is 7.24. The average molecular weight is 388 g/mol. The number of thiazole rings is 1. The Morgan fingerprint density at radius 2 is 2.00 bits per heavy atom. The molecule has 1 atom stereocenters. The number of ether oxygens (including phenoxy) is 1. The van der Waals surface area contributed by atoms with Crippen LogP contribution in [0.1, 0.15) is 27.8 Å². The third kappa shape index (κ3) is 4.27. The molecule has 0 radical (unpaired) electrons. The number of thiophene rings is 1. The number of esters is 1. The molecule has 3 rings (SSSR count). The number of phenols is 1. The molecule has 1 amide bonds. The van der Waals surface area contributed by atoms with Gasteiger partial charge in [-0.3, -0.25) is 9.59 Å². The number of nitrogens with zero attached hydrogens (tertiary/aromatic N) is 1. The molecular formula is C18H16N2O4S2. The van der Waals surface area contributed by atoms with E-state index >= 15 is 0 Å². The zero-order valence-corrected chi connectivity index (χ0v) is 15.5. The first-order valence-corrected chi connectivity index (χ1v) is 9.48. The van der Waals surface area contributed by atoms with Crippen LogP contribution in [-0.2, 0) is 9.53 Å². The molecule has 0 saturated carbocycles. The van der Waals surface area contributed by atoms with Gasteiger partial charge in [0, 0.05) is 15.8 Å². The molecule has 8 heteroatoms. The minimum absolute atomic E-state index is 0.0533. The molecule has 0 aliphatic rings. The van der Waals surface area contributed by atoms with Gasteiger partial charge < -0.3 is 15.2 Å². The van der Waals surface area contributed by atoms with E-state index in [9.17, 15) is 14.7 Å². The van der Waals surface area contributed by atoms with E-state index in [0.717, 1.165) is 10.4 Å². The number of phenolic OH excluding ortho intramolecular Hbond substituents is 1. The van der Waals surface area contributed by atoms with Crippen LogP contribution in [0.25, 0.3) is 10.6 Å². The SMILES string of the molecule is COC(=O)C[C@H](NC(=O)c1csc(-c2ccc(O)cc2)n1)c1cccs1. The summed E-state index contributed by atoms with van der Waals surface area (Å²) in [6.07, 6.45) is 0.0533. The van der Waals surface area contributed by atoms with Crippen molar-refractivity contribution < 1.29 is 19.4 Å². The quantitative estimate of drug-likeness (QED) is 0.630. The Hall–Kier alpha value is -2.71. The van der Waals surface area contributed by atoms with Gasteiger partial charge >= 0.3 is 5.97 Å². The molecule has 2 aromatic heterocycles. The Morgan fingerprint density at radius 1 is 1.23 bits per heavy atom. The third-order valence-corrected chi connectivity index (χ3v) is 5.52. The fourth-order valence-corrected chi connectivity index (χ4v) is 3.89. The van der Waals surface area contributed by atoms with Crippen molar-refractivity contribution in [1.82, 2.24) is 10.3 Å². The molecule has 0 aliphatic carbocycles. The lowest BCUT2D eigenvalue weighted by Crippen LogP contribution is -2.30. The van der Waals surface area contributed by atoms with E-state index in [0.29, 0.717) is 5.01 Å². The Morgan fingerprint density at radius 3 is 2.65 bits per heavy atom. The number of benzene rings is 1. The van der Waals surface area contributed by atoms with E-state index in [1.807, 2.05) is 17.5 Å². The van der Waals surface area contributed by atoms with Gasteiger partial charge in [0.2, 0.25) is 0 Å². The van der Waals surface area contributed by atoms with E-state index in [1.54, 1.807) is 29.6 Å². The average Bonchev–Trinajstić information content (AvgIpc) is 3.33. The van der Waals surface area contributed by atoms with Crippen molar-refractivity contribution in [3.05, 3.63) is 57.7 Å². The predicted molar refractivity (Wildman–Crippen MR) is 100 cm³/mol. The van der Waals surface area contributed by atoms with Gasteiger partial charge in [0.15, 0.2) is 0 Å². The summed E-state index contributed by atoms with van der Waals surface area (Å²) in [6.45, 7) is 0. The van der Waals surface area contributed by atoms with E-state index in [1.165, 1.54) is 29.8 Å². The number of hydrogen-bond donors (Lipinski definition) is 2. The van der Waals surface area contributed by atoms with Gasteiger partial charge in [0.05, 0.1) is 19.6 Å². The Labute approximate surface area is 158 Å². The number of carbonyl (C=O) groups is 2. The van der Waals surface area contributed by atoms with Crippen LogP contribution in [0.2, 0.25) is 0 Å². The summed E-state index contributed by atoms with van der Waals surface area (Å²) >= 11 is 2.80. The zero-order chi connectivity index (χ0) is 18.5. The standard InChI is InChI=1S/C18H16N2O4S2/c1-24-16(22)9-13(15-3-2-8-25-15)19-17(23)14-10-26-18(20-14)11-4-6-12(21)7-5-11/h2-8,10,13,21H,9H2,1H3,(H,19,23)/t13-/m0/s1. The molecule has 0 bridgehead atoms. The summed E-state index contributed by atoms with van der Waals surface area (Å²) < 4.78 is 4.72. The van der Waals surface area contributed by atoms with Gasteiger partial charge in [0.25, 0.3) is 5.91 Å². The number of amides is 1. The van der Waals surface area contributed by atoms with Crippen LogP contribution in [0.3, 0.4) is 0 Å². The van der Waals surface area contributed by atoms with Gasteiger partial charge in [-0.05, 0) is 35.7 Å². The number of rotatable bonds is 6. The first-order valence-electron chi connectivity index (χ1n) is 7.73. The van der Waals surface area contributed by atoms with Crippen LogP contribution in [0.4, 0.5) is 0 Å². The van der Waals surface area contributed by atoms with Crippen LogP contribution in [0, 0.1) is 0 Å². The predicted octanol–water partition coefficient (Wildman–Crippen LogP) is 3.61. The topological polar surface area (TPSA) is 88.5 Å². The summed E-state index contributed by atoms with van der Waals surface area (Å²) in [6, 6.07) is 9.88. The van der Waals surface area contributed by atoms with Crippen LogP contribution in [0.5, 0.6) is 5.75 Å². The highest BCUT2D eigenvalue weighted by Gasteiger charge is 2.22. The molecule has 6 nitrogen and oxygen atoms in total. The van der Waals surface area contributed by atoms with Gasteiger partial charge in [0.1, 0.15) is 16.5 Å². The molecular weight excluding hydrogens is 372 g/mol. The van der Waals surface area contributed by atoms with Crippen molar-refractivity contribution in [2.45, 2.75) is 12.5 Å². The van der Waals surface area contributed by atoms with Gasteiger partial charge in [-0.2, -0.15) is 0 Å². The lowest BCUT2D eigenvalue weighted by atomic mass is 10.1. The monoisotopic (exact) mass is 388 g/mol. The van der Waals surface area contributed by atoms with Crippen LogP contribution < -0.4 is 5.32 Å². The van der Waals surface area contributed by atoms with E-state index in [2.05, 4.69) is 10.3 Å². The minimum atomic E-state index is -0.464. The molecule has 0 unspecified atom stereocenters. The van der Waals surface area contributed by atoms with Crippen molar-refractivity contribution >= 4 is 34.6 Å². The van der Waals surface area contributed by atoms with Gasteiger partial charge in [-0.1, -0.05) is 6.07 Å². The lowest BCUT2D eigenvalue weighted by molar-refractivity contribution is -0.141. The van der Waals surface area contributed by atoms with Crippen LogP contribution >= 0.6 is 22.7 Å². The summed E-state index contributed by atoms with van der Waals surface area (Å²) in [7, 11) is 1.32. The highest BCUT2D eigenvalue weighted by Crippen LogP contribution is 2.27.